The smallest absolute Gasteiger partial charge is 0.257 e. The molecule has 2 rings (SSSR count). The topological polar surface area (TPSA) is 78.6 Å². The highest BCUT2D eigenvalue weighted by atomic mass is 16.3. The molecule has 94 valence electrons. The van der Waals surface area contributed by atoms with Gasteiger partial charge in [-0.25, -0.2) is 0 Å². The quantitative estimate of drug-likeness (QED) is 0.673. The molecular weight excluding hydrogens is 222 g/mol. The monoisotopic (exact) mass is 239 g/mol. The highest BCUT2D eigenvalue weighted by molar-refractivity contribution is 5.96. The fourth-order valence-corrected chi connectivity index (χ4v) is 2.18. The highest BCUT2D eigenvalue weighted by Gasteiger charge is 2.34. The molecule has 0 aromatic carbocycles. The van der Waals surface area contributed by atoms with Crippen molar-refractivity contribution >= 4 is 5.91 Å². The molecular formula is C11H17N3O3. The fraction of sp³-hybridized carbons (Fsp3) is 0.636. The Morgan fingerprint density at radius 3 is 2.24 bits per heavy atom. The van der Waals surface area contributed by atoms with Crippen molar-refractivity contribution in [3.63, 3.8) is 0 Å². The summed E-state index contributed by atoms with van der Waals surface area (Å²) in [6, 6.07) is 0. The molecule has 1 aromatic rings. The molecule has 2 unspecified atom stereocenters. The zero-order valence-corrected chi connectivity index (χ0v) is 10.2. The minimum atomic E-state index is -0.851. The number of rotatable bonds is 1. The van der Waals surface area contributed by atoms with Gasteiger partial charge in [0.2, 0.25) is 0 Å². The largest absolute Gasteiger partial charge is 0.388 e. The van der Waals surface area contributed by atoms with Crippen molar-refractivity contribution in [1.82, 2.24) is 14.7 Å². The van der Waals surface area contributed by atoms with Gasteiger partial charge in [-0.2, -0.15) is 5.10 Å². The molecule has 1 aliphatic rings. The van der Waals surface area contributed by atoms with Gasteiger partial charge in [0.1, 0.15) is 0 Å². The van der Waals surface area contributed by atoms with Gasteiger partial charge in [0.15, 0.2) is 0 Å². The standard InChI is InChI=1S/C11H17N3O3/c1-6-10(7(2)13(3)12-6)11(17)14-4-8(15)9(16)5-14/h8-9,15-16H,4-5H2,1-3H3. The molecule has 1 fully saturated rings. The molecule has 6 nitrogen and oxygen atoms in total. The Morgan fingerprint density at radius 2 is 1.82 bits per heavy atom. The summed E-state index contributed by atoms with van der Waals surface area (Å²) < 4.78 is 1.66. The average Bonchev–Trinajstić information content (AvgIpc) is 2.70. The van der Waals surface area contributed by atoms with Crippen molar-refractivity contribution in [3.8, 4) is 0 Å². The van der Waals surface area contributed by atoms with Crippen LogP contribution in [0.5, 0.6) is 0 Å². The van der Waals surface area contributed by atoms with Crippen LogP contribution in [0.4, 0.5) is 0 Å². The van der Waals surface area contributed by atoms with Gasteiger partial charge in [-0.3, -0.25) is 9.48 Å². The molecule has 0 radical (unpaired) electrons. The van der Waals surface area contributed by atoms with Gasteiger partial charge in [0, 0.05) is 25.8 Å². The van der Waals surface area contributed by atoms with E-state index in [4.69, 9.17) is 0 Å². The van der Waals surface area contributed by atoms with Crippen LogP contribution in [-0.4, -0.2) is 56.1 Å². The summed E-state index contributed by atoms with van der Waals surface area (Å²) in [7, 11) is 1.78. The van der Waals surface area contributed by atoms with Crippen molar-refractivity contribution in [2.24, 2.45) is 7.05 Å². The minimum Gasteiger partial charge on any atom is -0.388 e. The first-order valence-electron chi connectivity index (χ1n) is 5.57. The second-order valence-electron chi connectivity index (χ2n) is 4.51. The van der Waals surface area contributed by atoms with E-state index in [0.717, 1.165) is 5.69 Å². The predicted octanol–water partition coefficient (Wildman–Crippen LogP) is -0.785. The Balaban J connectivity index is 2.26. The normalized spacial score (nSPS) is 24.4. The van der Waals surface area contributed by atoms with Crippen LogP contribution in [0.1, 0.15) is 21.7 Å². The highest BCUT2D eigenvalue weighted by Crippen LogP contribution is 2.18. The molecule has 1 saturated heterocycles. The van der Waals surface area contributed by atoms with Gasteiger partial charge in [-0.05, 0) is 13.8 Å². The maximum Gasteiger partial charge on any atom is 0.257 e. The Labute approximate surface area is 99.5 Å². The number of hydrogen-bond donors (Lipinski definition) is 2. The number of carbonyl (C=O) groups is 1. The number of aliphatic hydroxyl groups is 2. The number of likely N-dealkylation sites (tertiary alicyclic amines) is 1. The summed E-state index contributed by atoms with van der Waals surface area (Å²) in [6.07, 6.45) is -1.70. The number of amides is 1. The third-order valence-corrected chi connectivity index (χ3v) is 3.27. The van der Waals surface area contributed by atoms with E-state index >= 15 is 0 Å². The molecule has 1 amide bonds. The number of nitrogens with zero attached hydrogens (tertiary/aromatic N) is 3. The van der Waals surface area contributed by atoms with Gasteiger partial charge >= 0.3 is 0 Å². The van der Waals surface area contributed by atoms with E-state index in [1.807, 2.05) is 6.92 Å². The van der Waals surface area contributed by atoms with Crippen LogP contribution in [-0.2, 0) is 7.05 Å². The first-order chi connectivity index (χ1) is 7.91. The molecule has 6 heteroatoms. The summed E-state index contributed by atoms with van der Waals surface area (Å²) in [5, 5.41) is 23.1. The zero-order valence-electron chi connectivity index (χ0n) is 10.2. The van der Waals surface area contributed by atoms with E-state index < -0.39 is 12.2 Å². The maximum absolute atomic E-state index is 12.2. The third-order valence-electron chi connectivity index (χ3n) is 3.27. The molecule has 2 heterocycles. The van der Waals surface area contributed by atoms with Crippen LogP contribution in [0, 0.1) is 13.8 Å². The molecule has 0 saturated carbocycles. The van der Waals surface area contributed by atoms with Gasteiger partial charge in [0.05, 0.1) is 23.5 Å². The summed E-state index contributed by atoms with van der Waals surface area (Å²) in [4.78, 5) is 13.7. The molecule has 17 heavy (non-hydrogen) atoms. The summed E-state index contributed by atoms with van der Waals surface area (Å²) in [5.74, 6) is -0.177. The second kappa shape index (κ2) is 4.12. The van der Waals surface area contributed by atoms with Crippen molar-refractivity contribution in [3.05, 3.63) is 17.0 Å². The van der Waals surface area contributed by atoms with Crippen molar-refractivity contribution < 1.29 is 15.0 Å². The Morgan fingerprint density at radius 1 is 1.29 bits per heavy atom. The number of hydrogen-bond acceptors (Lipinski definition) is 4. The summed E-state index contributed by atoms with van der Waals surface area (Å²) in [5.41, 5.74) is 2.03. The second-order valence-corrected chi connectivity index (χ2v) is 4.51. The lowest BCUT2D eigenvalue weighted by atomic mass is 10.2. The molecule has 2 atom stereocenters. The molecule has 2 N–H and O–H groups in total. The van der Waals surface area contributed by atoms with Crippen LogP contribution in [0.2, 0.25) is 0 Å². The maximum atomic E-state index is 12.2. The van der Waals surface area contributed by atoms with Gasteiger partial charge in [0.25, 0.3) is 5.91 Å². The number of β-amino-alcohol motifs (C(OH)–C–C–N with tert-alkyl or cyclic N) is 2. The molecule has 0 spiro atoms. The van der Waals surface area contributed by atoms with Crippen LogP contribution < -0.4 is 0 Å². The predicted molar refractivity (Wildman–Crippen MR) is 60.6 cm³/mol. The number of aliphatic hydroxyl groups excluding tert-OH is 2. The molecule has 1 aliphatic heterocycles. The van der Waals surface area contributed by atoms with E-state index in [1.165, 1.54) is 4.90 Å². The van der Waals surface area contributed by atoms with E-state index in [0.29, 0.717) is 11.3 Å². The van der Waals surface area contributed by atoms with Crippen molar-refractivity contribution in [2.75, 3.05) is 13.1 Å². The number of aryl methyl sites for hydroxylation is 2. The third kappa shape index (κ3) is 1.94. The van der Waals surface area contributed by atoms with Crippen LogP contribution in [0.3, 0.4) is 0 Å². The van der Waals surface area contributed by atoms with Gasteiger partial charge in [-0.15, -0.1) is 0 Å². The number of carbonyl (C=O) groups excluding carboxylic acids is 1. The van der Waals surface area contributed by atoms with Crippen LogP contribution in [0.25, 0.3) is 0 Å². The SMILES string of the molecule is Cc1nn(C)c(C)c1C(=O)N1CC(O)C(O)C1. The lowest BCUT2D eigenvalue weighted by Gasteiger charge is -2.15. The Bertz CT molecular complexity index is 445. The average molecular weight is 239 g/mol. The summed E-state index contributed by atoms with van der Waals surface area (Å²) >= 11 is 0. The van der Waals surface area contributed by atoms with Gasteiger partial charge < -0.3 is 15.1 Å². The first kappa shape index (κ1) is 12.1. The Hall–Kier alpha value is -1.40. The van der Waals surface area contributed by atoms with Gasteiger partial charge in [-0.1, -0.05) is 0 Å². The van der Waals surface area contributed by atoms with Crippen LogP contribution >= 0.6 is 0 Å². The lowest BCUT2D eigenvalue weighted by Crippen LogP contribution is -2.30. The fourth-order valence-electron chi connectivity index (χ4n) is 2.18. The van der Waals surface area contributed by atoms with E-state index in [2.05, 4.69) is 5.10 Å². The zero-order chi connectivity index (χ0) is 12.7. The lowest BCUT2D eigenvalue weighted by molar-refractivity contribution is 0.0572. The van der Waals surface area contributed by atoms with Crippen molar-refractivity contribution in [2.45, 2.75) is 26.1 Å². The summed E-state index contributed by atoms with van der Waals surface area (Å²) in [6.45, 7) is 3.96. The number of aromatic nitrogens is 2. The Kier molecular flexibility index (Phi) is 2.92. The molecule has 1 aromatic heterocycles. The van der Waals surface area contributed by atoms with E-state index in [1.54, 1.807) is 18.7 Å². The van der Waals surface area contributed by atoms with Crippen molar-refractivity contribution in [1.29, 1.82) is 0 Å². The molecule has 0 aliphatic carbocycles. The van der Waals surface area contributed by atoms with E-state index in [-0.39, 0.29) is 19.0 Å². The minimum absolute atomic E-state index is 0.174. The molecule has 0 bridgehead atoms. The first-order valence-corrected chi connectivity index (χ1v) is 5.57. The van der Waals surface area contributed by atoms with Crippen LogP contribution in [0.15, 0.2) is 0 Å². The van der Waals surface area contributed by atoms with E-state index in [9.17, 15) is 15.0 Å².